The number of aryl methyl sites for hydroxylation is 1. The predicted octanol–water partition coefficient (Wildman–Crippen LogP) is 2.92. The molecule has 0 N–H and O–H groups in total. The molecule has 0 bridgehead atoms. The lowest BCUT2D eigenvalue weighted by molar-refractivity contribution is 0.0668. The van der Waals surface area contributed by atoms with E-state index in [-0.39, 0.29) is 11.9 Å². The number of piperidine rings is 1. The van der Waals surface area contributed by atoms with E-state index in [0.717, 1.165) is 25.2 Å². The number of carbonyl (C=O) groups excluding carboxylic acids is 1. The average Bonchev–Trinajstić information content (AvgIpc) is 3.35. The number of rotatable bonds is 3. The fraction of sp³-hybridized carbons (Fsp3) is 0.353. The fourth-order valence-electron chi connectivity index (χ4n) is 3.21. The van der Waals surface area contributed by atoms with Crippen LogP contribution < -0.4 is 0 Å². The van der Waals surface area contributed by atoms with Crippen molar-refractivity contribution in [3.63, 3.8) is 0 Å². The second-order valence-corrected chi connectivity index (χ2v) is 5.98. The molecule has 1 fully saturated rings. The van der Waals surface area contributed by atoms with E-state index in [4.69, 9.17) is 8.94 Å². The SMILES string of the molecule is Cc1nccn1C1CCCN(C(=O)c2cc(-c3ccco3)on2)C1. The van der Waals surface area contributed by atoms with Crippen LogP contribution in [0.2, 0.25) is 0 Å². The fourth-order valence-corrected chi connectivity index (χ4v) is 3.21. The molecule has 0 saturated carbocycles. The molecule has 0 spiro atoms. The monoisotopic (exact) mass is 326 g/mol. The summed E-state index contributed by atoms with van der Waals surface area (Å²) in [5, 5.41) is 3.91. The summed E-state index contributed by atoms with van der Waals surface area (Å²) in [7, 11) is 0. The van der Waals surface area contributed by atoms with E-state index in [0.29, 0.717) is 23.8 Å². The van der Waals surface area contributed by atoms with Gasteiger partial charge in [0.2, 0.25) is 5.76 Å². The molecule has 4 rings (SSSR count). The van der Waals surface area contributed by atoms with E-state index in [9.17, 15) is 4.79 Å². The summed E-state index contributed by atoms with van der Waals surface area (Å²) in [4.78, 5) is 18.8. The topological polar surface area (TPSA) is 77.3 Å². The van der Waals surface area contributed by atoms with Gasteiger partial charge >= 0.3 is 0 Å². The first-order chi connectivity index (χ1) is 11.7. The van der Waals surface area contributed by atoms with Crippen molar-refractivity contribution in [3.05, 3.63) is 48.4 Å². The molecule has 0 radical (unpaired) electrons. The molecule has 3 aromatic rings. The Morgan fingerprint density at radius 3 is 3.04 bits per heavy atom. The van der Waals surface area contributed by atoms with Crippen molar-refractivity contribution in [1.82, 2.24) is 19.6 Å². The lowest BCUT2D eigenvalue weighted by Gasteiger charge is -2.33. The lowest BCUT2D eigenvalue weighted by atomic mass is 10.0. The van der Waals surface area contributed by atoms with Crippen LogP contribution in [0.15, 0.2) is 45.8 Å². The molecular weight excluding hydrogens is 308 g/mol. The summed E-state index contributed by atoms with van der Waals surface area (Å²) in [6, 6.07) is 5.42. The van der Waals surface area contributed by atoms with Crippen molar-refractivity contribution in [2.24, 2.45) is 0 Å². The number of furan rings is 1. The number of hydrogen-bond acceptors (Lipinski definition) is 5. The quantitative estimate of drug-likeness (QED) is 0.739. The Kier molecular flexibility index (Phi) is 3.68. The summed E-state index contributed by atoms with van der Waals surface area (Å²) < 4.78 is 12.6. The molecule has 4 heterocycles. The van der Waals surface area contributed by atoms with Gasteiger partial charge in [0.05, 0.1) is 12.3 Å². The number of likely N-dealkylation sites (tertiary alicyclic amines) is 1. The standard InChI is InChI=1S/C17H18N4O3/c1-12-18-6-8-21(12)13-4-2-7-20(11-13)17(22)14-10-16(24-19-14)15-5-3-9-23-15/h3,5-6,8-10,13H,2,4,7,11H2,1H3. The van der Waals surface area contributed by atoms with E-state index < -0.39 is 0 Å². The Hall–Kier alpha value is -2.83. The predicted molar refractivity (Wildman–Crippen MR) is 85.3 cm³/mol. The van der Waals surface area contributed by atoms with Gasteiger partial charge in [-0.1, -0.05) is 5.16 Å². The summed E-state index contributed by atoms with van der Waals surface area (Å²) >= 11 is 0. The van der Waals surface area contributed by atoms with Crippen LogP contribution in [0.5, 0.6) is 0 Å². The van der Waals surface area contributed by atoms with Crippen LogP contribution in [0.25, 0.3) is 11.5 Å². The van der Waals surface area contributed by atoms with E-state index >= 15 is 0 Å². The Morgan fingerprint density at radius 2 is 2.29 bits per heavy atom. The van der Waals surface area contributed by atoms with Crippen LogP contribution in [0.3, 0.4) is 0 Å². The van der Waals surface area contributed by atoms with Crippen molar-refractivity contribution >= 4 is 5.91 Å². The average molecular weight is 326 g/mol. The third-order valence-electron chi connectivity index (χ3n) is 4.43. The Balaban J connectivity index is 1.51. The highest BCUT2D eigenvalue weighted by molar-refractivity contribution is 5.93. The third kappa shape index (κ3) is 2.62. The van der Waals surface area contributed by atoms with Gasteiger partial charge in [-0.3, -0.25) is 4.79 Å². The van der Waals surface area contributed by atoms with Gasteiger partial charge < -0.3 is 18.4 Å². The molecule has 0 aromatic carbocycles. The van der Waals surface area contributed by atoms with Crippen molar-refractivity contribution < 1.29 is 13.7 Å². The Labute approximate surface area is 138 Å². The van der Waals surface area contributed by atoms with Gasteiger partial charge in [0, 0.05) is 31.5 Å². The molecule has 3 aromatic heterocycles. The normalized spacial score (nSPS) is 18.0. The lowest BCUT2D eigenvalue weighted by Crippen LogP contribution is -2.40. The Bertz CT molecular complexity index is 834. The molecule has 124 valence electrons. The second-order valence-electron chi connectivity index (χ2n) is 5.98. The number of carbonyl (C=O) groups is 1. The molecule has 1 aliphatic rings. The van der Waals surface area contributed by atoms with Crippen LogP contribution in [-0.2, 0) is 0 Å². The molecular formula is C17H18N4O3. The zero-order valence-corrected chi connectivity index (χ0v) is 13.4. The van der Waals surface area contributed by atoms with Gasteiger partial charge in [-0.2, -0.15) is 0 Å². The minimum absolute atomic E-state index is 0.112. The molecule has 1 saturated heterocycles. The molecule has 7 nitrogen and oxygen atoms in total. The molecule has 0 aliphatic carbocycles. The van der Waals surface area contributed by atoms with Crippen LogP contribution >= 0.6 is 0 Å². The smallest absolute Gasteiger partial charge is 0.276 e. The molecule has 7 heteroatoms. The van der Waals surface area contributed by atoms with Crippen molar-refractivity contribution in [2.45, 2.75) is 25.8 Å². The molecule has 1 aliphatic heterocycles. The minimum Gasteiger partial charge on any atom is -0.461 e. The molecule has 1 amide bonds. The van der Waals surface area contributed by atoms with Gasteiger partial charge in [-0.05, 0) is 31.9 Å². The first kappa shape index (κ1) is 14.7. The van der Waals surface area contributed by atoms with Crippen molar-refractivity contribution in [3.8, 4) is 11.5 Å². The largest absolute Gasteiger partial charge is 0.461 e. The number of nitrogens with zero attached hydrogens (tertiary/aromatic N) is 4. The zero-order chi connectivity index (χ0) is 16.5. The maximum atomic E-state index is 12.7. The highest BCUT2D eigenvalue weighted by Gasteiger charge is 2.28. The number of amides is 1. The molecule has 24 heavy (non-hydrogen) atoms. The van der Waals surface area contributed by atoms with Crippen LogP contribution in [0.4, 0.5) is 0 Å². The summed E-state index contributed by atoms with van der Waals surface area (Å²) in [5.74, 6) is 1.88. The van der Waals surface area contributed by atoms with Crippen LogP contribution in [0, 0.1) is 6.92 Å². The van der Waals surface area contributed by atoms with E-state index in [1.807, 2.05) is 18.0 Å². The maximum absolute atomic E-state index is 12.7. The second kappa shape index (κ2) is 5.99. The van der Waals surface area contributed by atoms with Crippen LogP contribution in [0.1, 0.15) is 35.2 Å². The summed E-state index contributed by atoms with van der Waals surface area (Å²) in [6.07, 6.45) is 7.32. The summed E-state index contributed by atoms with van der Waals surface area (Å²) in [6.45, 7) is 3.36. The van der Waals surface area contributed by atoms with Gasteiger partial charge in [0.1, 0.15) is 5.82 Å². The molecule has 1 atom stereocenters. The third-order valence-corrected chi connectivity index (χ3v) is 4.43. The minimum atomic E-state index is -0.112. The summed E-state index contributed by atoms with van der Waals surface area (Å²) in [5.41, 5.74) is 0.310. The highest BCUT2D eigenvalue weighted by atomic mass is 16.5. The van der Waals surface area contributed by atoms with E-state index in [2.05, 4.69) is 14.7 Å². The number of aromatic nitrogens is 3. The van der Waals surface area contributed by atoms with Gasteiger partial charge in [-0.25, -0.2) is 4.98 Å². The van der Waals surface area contributed by atoms with Gasteiger partial charge in [-0.15, -0.1) is 0 Å². The zero-order valence-electron chi connectivity index (χ0n) is 13.4. The Morgan fingerprint density at radius 1 is 1.38 bits per heavy atom. The number of hydrogen-bond donors (Lipinski definition) is 0. The van der Waals surface area contributed by atoms with E-state index in [1.54, 1.807) is 30.7 Å². The number of imidazole rings is 1. The van der Waals surface area contributed by atoms with Crippen molar-refractivity contribution in [1.29, 1.82) is 0 Å². The maximum Gasteiger partial charge on any atom is 0.276 e. The van der Waals surface area contributed by atoms with Gasteiger partial charge in [0.15, 0.2) is 11.5 Å². The van der Waals surface area contributed by atoms with Gasteiger partial charge in [0.25, 0.3) is 5.91 Å². The first-order valence-corrected chi connectivity index (χ1v) is 8.01. The van der Waals surface area contributed by atoms with E-state index in [1.165, 1.54) is 0 Å². The highest BCUT2D eigenvalue weighted by Crippen LogP contribution is 2.25. The first-order valence-electron chi connectivity index (χ1n) is 8.01. The van der Waals surface area contributed by atoms with Crippen LogP contribution in [-0.4, -0.2) is 38.6 Å². The molecule has 1 unspecified atom stereocenters. The van der Waals surface area contributed by atoms with Crippen molar-refractivity contribution in [2.75, 3.05) is 13.1 Å².